The summed E-state index contributed by atoms with van der Waals surface area (Å²) in [6, 6.07) is 0. The van der Waals surface area contributed by atoms with Gasteiger partial charge in [0.1, 0.15) is 0 Å². The van der Waals surface area contributed by atoms with Crippen LogP contribution in [0.15, 0.2) is 0 Å². The molecule has 0 amide bonds. The summed E-state index contributed by atoms with van der Waals surface area (Å²) in [5, 5.41) is 32.6. The van der Waals surface area contributed by atoms with Crippen molar-refractivity contribution in [2.75, 3.05) is 0 Å². The predicted octanol–water partition coefficient (Wildman–Crippen LogP) is 9.57. The van der Waals surface area contributed by atoms with Gasteiger partial charge < -0.3 is 15.3 Å². The lowest BCUT2D eigenvalue weighted by Gasteiger charge is -2.35. The first-order chi connectivity index (χ1) is 19.2. The van der Waals surface area contributed by atoms with Crippen LogP contribution in [0.4, 0.5) is 13.2 Å². The van der Waals surface area contributed by atoms with Gasteiger partial charge in [0.05, 0.1) is 18.3 Å². The molecular formula is C35H65F3O3. The van der Waals surface area contributed by atoms with Crippen molar-refractivity contribution >= 4 is 0 Å². The second kappa shape index (κ2) is 17.8. The average molecular weight is 591 g/mol. The maximum absolute atomic E-state index is 12.5. The Bertz CT molecular complexity index is 691. The van der Waals surface area contributed by atoms with Crippen LogP contribution in [0.1, 0.15) is 144 Å². The summed E-state index contributed by atoms with van der Waals surface area (Å²) >= 11 is 0. The van der Waals surface area contributed by atoms with Gasteiger partial charge in [-0.3, -0.25) is 0 Å². The van der Waals surface area contributed by atoms with Gasteiger partial charge in [-0.15, -0.1) is 0 Å². The average Bonchev–Trinajstić information content (AvgIpc) is 2.90. The zero-order valence-corrected chi connectivity index (χ0v) is 27.2. The minimum absolute atomic E-state index is 0.106. The van der Waals surface area contributed by atoms with E-state index in [4.69, 9.17) is 0 Å². The summed E-state index contributed by atoms with van der Waals surface area (Å²) < 4.78 is 37.6. The first-order valence-corrected chi connectivity index (χ1v) is 17.3. The maximum Gasteiger partial charge on any atom is 0.389 e. The molecule has 0 saturated heterocycles. The van der Waals surface area contributed by atoms with Crippen LogP contribution in [0.3, 0.4) is 0 Å². The third kappa shape index (κ3) is 13.9. The van der Waals surface area contributed by atoms with Crippen molar-refractivity contribution in [1.82, 2.24) is 0 Å². The maximum atomic E-state index is 12.5. The van der Waals surface area contributed by atoms with Gasteiger partial charge in [0, 0.05) is 6.42 Å². The lowest BCUT2D eigenvalue weighted by atomic mass is 9.72. The van der Waals surface area contributed by atoms with Gasteiger partial charge in [-0.05, 0) is 124 Å². The molecule has 2 aliphatic rings. The molecule has 0 aromatic rings. The predicted molar refractivity (Wildman–Crippen MR) is 163 cm³/mol. The Labute approximate surface area is 250 Å². The third-order valence-electron chi connectivity index (χ3n) is 11.1. The number of aliphatic hydroxyl groups is 3. The molecule has 0 heterocycles. The number of hydrogen-bond acceptors (Lipinski definition) is 3. The molecule has 0 bridgehead atoms. The van der Waals surface area contributed by atoms with E-state index in [0.717, 1.165) is 83.5 Å². The van der Waals surface area contributed by atoms with E-state index in [-0.39, 0.29) is 42.5 Å². The normalized spacial score (nSPS) is 29.5. The molecule has 244 valence electrons. The lowest BCUT2D eigenvalue weighted by Crippen LogP contribution is -2.33. The fourth-order valence-corrected chi connectivity index (χ4v) is 8.20. The van der Waals surface area contributed by atoms with Crippen molar-refractivity contribution in [3.63, 3.8) is 0 Å². The van der Waals surface area contributed by atoms with Crippen LogP contribution in [0.2, 0.25) is 0 Å². The molecule has 2 saturated carbocycles. The van der Waals surface area contributed by atoms with Crippen molar-refractivity contribution in [2.45, 2.75) is 169 Å². The molecule has 0 aromatic heterocycles. The Kier molecular flexibility index (Phi) is 16.0. The van der Waals surface area contributed by atoms with E-state index in [1.165, 1.54) is 6.42 Å². The van der Waals surface area contributed by atoms with Crippen molar-refractivity contribution < 1.29 is 28.5 Å². The molecule has 6 heteroatoms. The smallest absolute Gasteiger partial charge is 0.389 e. The molecule has 41 heavy (non-hydrogen) atoms. The van der Waals surface area contributed by atoms with E-state index < -0.39 is 12.6 Å². The number of rotatable bonds is 17. The number of alkyl halides is 3. The van der Waals surface area contributed by atoms with Gasteiger partial charge in [0.15, 0.2) is 0 Å². The second-order valence-corrected chi connectivity index (χ2v) is 15.3. The van der Waals surface area contributed by atoms with Crippen LogP contribution in [0.5, 0.6) is 0 Å². The number of halogens is 3. The second-order valence-electron chi connectivity index (χ2n) is 15.3. The fraction of sp³-hybridized carbons (Fsp3) is 1.00. The lowest BCUT2D eigenvalue weighted by molar-refractivity contribution is -0.137. The Balaban J connectivity index is 1.72. The van der Waals surface area contributed by atoms with E-state index in [1.54, 1.807) is 0 Å². The molecular weight excluding hydrogens is 525 g/mol. The third-order valence-corrected chi connectivity index (χ3v) is 11.1. The van der Waals surface area contributed by atoms with E-state index in [1.807, 2.05) is 6.92 Å². The Hall–Kier alpha value is -0.330. The summed E-state index contributed by atoms with van der Waals surface area (Å²) in [7, 11) is 0. The van der Waals surface area contributed by atoms with Gasteiger partial charge in [0.25, 0.3) is 0 Å². The summed E-state index contributed by atoms with van der Waals surface area (Å²) in [5.41, 5.74) is 0. The van der Waals surface area contributed by atoms with Crippen molar-refractivity contribution in [3.05, 3.63) is 0 Å². The first kappa shape index (κ1) is 36.9. The molecule has 0 radical (unpaired) electrons. The van der Waals surface area contributed by atoms with Gasteiger partial charge in [-0.2, -0.15) is 13.2 Å². The molecule has 0 aromatic carbocycles. The summed E-state index contributed by atoms with van der Waals surface area (Å²) in [6.45, 7) is 12.9. The van der Waals surface area contributed by atoms with Crippen molar-refractivity contribution in [2.24, 2.45) is 53.3 Å². The van der Waals surface area contributed by atoms with E-state index in [9.17, 15) is 28.5 Å². The van der Waals surface area contributed by atoms with Gasteiger partial charge in [-0.25, -0.2) is 0 Å². The zero-order chi connectivity index (χ0) is 30.7. The highest BCUT2D eigenvalue weighted by Gasteiger charge is 2.32. The fourth-order valence-electron chi connectivity index (χ4n) is 8.20. The van der Waals surface area contributed by atoms with Crippen LogP contribution >= 0.6 is 0 Å². The highest BCUT2D eigenvalue weighted by atomic mass is 19.4. The van der Waals surface area contributed by atoms with Crippen LogP contribution < -0.4 is 0 Å². The van der Waals surface area contributed by atoms with Crippen LogP contribution in [-0.4, -0.2) is 39.8 Å². The van der Waals surface area contributed by atoms with Crippen LogP contribution in [0.25, 0.3) is 0 Å². The van der Waals surface area contributed by atoms with Crippen LogP contribution in [0, 0.1) is 53.3 Å². The molecule has 6 unspecified atom stereocenters. The Morgan fingerprint density at radius 2 is 1.34 bits per heavy atom. The number of aliphatic hydroxyl groups excluding tert-OH is 3. The minimum Gasteiger partial charge on any atom is -0.393 e. The summed E-state index contributed by atoms with van der Waals surface area (Å²) in [6.07, 6.45) is 8.92. The highest BCUT2D eigenvalue weighted by molar-refractivity contribution is 4.83. The van der Waals surface area contributed by atoms with Gasteiger partial charge >= 0.3 is 6.18 Å². The van der Waals surface area contributed by atoms with E-state index in [2.05, 4.69) is 34.6 Å². The molecule has 3 N–H and O–H groups in total. The molecule has 3 nitrogen and oxygen atoms in total. The van der Waals surface area contributed by atoms with Crippen molar-refractivity contribution in [1.29, 1.82) is 0 Å². The Morgan fingerprint density at radius 3 is 1.93 bits per heavy atom. The standard InChI is InChI=1S/C35H65F3O3/c1-23(2)30(14-11-26(5)34(41)27(6)21-31-9-7-8-10-32(31)39)22-33(40)29-15-12-28(13-16-29)20-25(4)19-24(3)17-18-35(36,37)38/h23-34,39-41H,7-22H2,1-6H3/t24-,25?,26?,27+,28?,29?,30?,31?,32?,33-,34?/m0/s1. The zero-order valence-electron chi connectivity index (χ0n) is 27.2. The van der Waals surface area contributed by atoms with Gasteiger partial charge in [0.2, 0.25) is 0 Å². The molecule has 2 rings (SSSR count). The molecule has 2 fully saturated rings. The number of hydrogen-bond donors (Lipinski definition) is 3. The minimum atomic E-state index is -4.05. The largest absolute Gasteiger partial charge is 0.393 e. The monoisotopic (exact) mass is 590 g/mol. The molecule has 0 spiro atoms. The molecule has 2 aliphatic carbocycles. The van der Waals surface area contributed by atoms with Gasteiger partial charge in [-0.1, -0.05) is 67.2 Å². The molecule has 9 atom stereocenters. The summed E-state index contributed by atoms with van der Waals surface area (Å²) in [4.78, 5) is 0. The van der Waals surface area contributed by atoms with Crippen LogP contribution in [-0.2, 0) is 0 Å². The highest BCUT2D eigenvalue weighted by Crippen LogP contribution is 2.39. The first-order valence-electron chi connectivity index (χ1n) is 17.3. The molecule has 0 aliphatic heterocycles. The topological polar surface area (TPSA) is 60.7 Å². The quantitative estimate of drug-likeness (QED) is 0.158. The Morgan fingerprint density at radius 1 is 0.707 bits per heavy atom. The van der Waals surface area contributed by atoms with E-state index in [0.29, 0.717) is 35.5 Å². The SMILES string of the molecule is CC(CC1CCC([C@@H](O)CC(CCC(C)C(O)[C@H](C)CC2CCCCC2O)C(C)C)CC1)C[C@@H](C)CCC(F)(F)F. The van der Waals surface area contributed by atoms with Crippen molar-refractivity contribution in [3.8, 4) is 0 Å². The van der Waals surface area contributed by atoms with E-state index >= 15 is 0 Å². The summed E-state index contributed by atoms with van der Waals surface area (Å²) in [5.74, 6) is 3.17.